The van der Waals surface area contributed by atoms with Crippen molar-refractivity contribution in [2.24, 2.45) is 0 Å². The van der Waals surface area contributed by atoms with Crippen LogP contribution in [0.1, 0.15) is 49.9 Å². The molecule has 0 amide bonds. The zero-order valence-corrected chi connectivity index (χ0v) is 22.4. The third-order valence-electron chi connectivity index (χ3n) is 7.02. The quantitative estimate of drug-likeness (QED) is 0.200. The van der Waals surface area contributed by atoms with Crippen molar-refractivity contribution in [2.45, 2.75) is 57.0 Å². The van der Waals surface area contributed by atoms with Crippen LogP contribution in [0.4, 0.5) is 11.4 Å². The SMILES string of the molecule is CCCC(=O)O[C@@]1(C)C(=O)C2=CN(C)[C@@]3(CCCO3)[C@@H](OC(=O)c3cc([N+](=O)[O-])cc([N+](=O)[O-])c3)C2=C(Cl)C1=O. The van der Waals surface area contributed by atoms with Crippen molar-refractivity contribution in [2.75, 3.05) is 13.7 Å². The molecule has 0 bridgehead atoms. The van der Waals surface area contributed by atoms with Gasteiger partial charge in [0.1, 0.15) is 0 Å². The summed E-state index contributed by atoms with van der Waals surface area (Å²) in [7, 11) is 1.55. The van der Waals surface area contributed by atoms with Gasteiger partial charge in [-0.3, -0.25) is 34.6 Å². The van der Waals surface area contributed by atoms with E-state index in [1.807, 2.05) is 0 Å². The molecule has 15 heteroatoms. The van der Waals surface area contributed by atoms with Gasteiger partial charge in [-0.25, -0.2) is 4.79 Å². The van der Waals surface area contributed by atoms with Gasteiger partial charge in [-0.05, 0) is 19.8 Å². The van der Waals surface area contributed by atoms with Crippen molar-refractivity contribution in [3.8, 4) is 0 Å². The van der Waals surface area contributed by atoms with Gasteiger partial charge in [0, 0.05) is 56.0 Å². The molecule has 1 spiro atoms. The molecule has 40 heavy (non-hydrogen) atoms. The minimum Gasteiger partial charge on any atom is -0.449 e. The number of benzene rings is 1. The Balaban J connectivity index is 1.83. The first kappa shape index (κ1) is 28.8. The lowest BCUT2D eigenvalue weighted by atomic mass is 9.74. The van der Waals surface area contributed by atoms with Gasteiger partial charge in [0.05, 0.1) is 26.5 Å². The lowest BCUT2D eigenvalue weighted by molar-refractivity contribution is -0.394. The fraction of sp³-hybridized carbons (Fsp3) is 0.440. The Morgan fingerprint density at radius 1 is 1.15 bits per heavy atom. The summed E-state index contributed by atoms with van der Waals surface area (Å²) < 4.78 is 17.0. The molecule has 0 saturated carbocycles. The highest BCUT2D eigenvalue weighted by Gasteiger charge is 2.61. The zero-order valence-electron chi connectivity index (χ0n) is 21.6. The third kappa shape index (κ3) is 4.62. The molecule has 4 rings (SSSR count). The highest BCUT2D eigenvalue weighted by molar-refractivity contribution is 6.49. The molecule has 2 heterocycles. The van der Waals surface area contributed by atoms with Gasteiger partial charge in [0.25, 0.3) is 11.4 Å². The van der Waals surface area contributed by atoms with Crippen molar-refractivity contribution in [3.63, 3.8) is 0 Å². The average molecular weight is 578 g/mol. The maximum Gasteiger partial charge on any atom is 0.339 e. The summed E-state index contributed by atoms with van der Waals surface area (Å²) in [5.74, 6) is -3.93. The van der Waals surface area contributed by atoms with Crippen LogP contribution in [0.2, 0.25) is 0 Å². The van der Waals surface area contributed by atoms with Crippen LogP contribution in [-0.2, 0) is 28.6 Å². The number of carbonyl (C=O) groups is 4. The number of likely N-dealkylation sites (N-methyl/N-ethyl adjacent to an activating group) is 1. The van der Waals surface area contributed by atoms with Crippen LogP contribution in [0.5, 0.6) is 0 Å². The number of nitrogens with zero attached hydrogens (tertiary/aromatic N) is 3. The van der Waals surface area contributed by atoms with E-state index in [1.54, 1.807) is 14.0 Å². The number of halogens is 1. The first-order valence-corrected chi connectivity index (χ1v) is 12.6. The van der Waals surface area contributed by atoms with Crippen LogP contribution in [0, 0.1) is 20.2 Å². The van der Waals surface area contributed by atoms with E-state index in [0.29, 0.717) is 18.9 Å². The first-order chi connectivity index (χ1) is 18.8. The molecule has 14 nitrogen and oxygen atoms in total. The van der Waals surface area contributed by atoms with E-state index in [9.17, 15) is 39.4 Å². The highest BCUT2D eigenvalue weighted by Crippen LogP contribution is 2.48. The van der Waals surface area contributed by atoms with Crippen LogP contribution in [-0.4, -0.2) is 69.3 Å². The summed E-state index contributed by atoms with van der Waals surface area (Å²) in [6, 6.07) is 2.29. The molecule has 0 N–H and O–H groups in total. The molecule has 1 aromatic rings. The summed E-state index contributed by atoms with van der Waals surface area (Å²) in [5.41, 5.74) is -6.00. The number of ether oxygens (including phenoxy) is 3. The van der Waals surface area contributed by atoms with Gasteiger partial charge in [-0.1, -0.05) is 18.5 Å². The number of ketones is 2. The summed E-state index contributed by atoms with van der Waals surface area (Å²) in [5, 5.41) is 22.1. The number of hydrogen-bond donors (Lipinski definition) is 0. The Labute approximate surface area is 231 Å². The van der Waals surface area contributed by atoms with Gasteiger partial charge in [-0.15, -0.1) is 0 Å². The van der Waals surface area contributed by atoms with Crippen LogP contribution in [0.3, 0.4) is 0 Å². The van der Waals surface area contributed by atoms with Gasteiger partial charge < -0.3 is 19.1 Å². The van der Waals surface area contributed by atoms with Crippen LogP contribution < -0.4 is 0 Å². The topological polar surface area (TPSA) is 185 Å². The predicted octanol–water partition coefficient (Wildman–Crippen LogP) is 3.11. The number of rotatable bonds is 7. The van der Waals surface area contributed by atoms with E-state index >= 15 is 0 Å². The molecule has 0 unspecified atom stereocenters. The van der Waals surface area contributed by atoms with Crippen LogP contribution in [0.25, 0.3) is 0 Å². The van der Waals surface area contributed by atoms with Crippen molar-refractivity contribution < 1.29 is 43.2 Å². The maximum atomic E-state index is 13.6. The maximum absolute atomic E-state index is 13.6. The summed E-state index contributed by atoms with van der Waals surface area (Å²) in [6.07, 6.45) is 0.984. The fourth-order valence-electron chi connectivity index (χ4n) is 4.99. The molecule has 1 fully saturated rings. The predicted molar refractivity (Wildman–Crippen MR) is 135 cm³/mol. The Morgan fingerprint density at radius 2 is 1.77 bits per heavy atom. The molecule has 0 aromatic heterocycles. The number of fused-ring (bicyclic) bond motifs is 1. The van der Waals surface area contributed by atoms with Crippen molar-refractivity contribution >= 4 is 46.5 Å². The van der Waals surface area contributed by atoms with E-state index in [-0.39, 0.29) is 30.6 Å². The Kier molecular flexibility index (Phi) is 7.51. The van der Waals surface area contributed by atoms with Gasteiger partial charge in [-0.2, -0.15) is 0 Å². The van der Waals surface area contributed by atoms with Crippen molar-refractivity contribution in [1.29, 1.82) is 0 Å². The lowest BCUT2D eigenvalue weighted by Gasteiger charge is -2.48. The molecular weight excluding hydrogens is 554 g/mol. The number of esters is 2. The normalized spacial score (nSPS) is 25.9. The van der Waals surface area contributed by atoms with E-state index in [0.717, 1.165) is 19.1 Å². The van der Waals surface area contributed by atoms with Gasteiger partial charge in [0.15, 0.2) is 11.8 Å². The first-order valence-electron chi connectivity index (χ1n) is 12.2. The van der Waals surface area contributed by atoms with Gasteiger partial charge >= 0.3 is 11.9 Å². The van der Waals surface area contributed by atoms with E-state index in [1.165, 1.54) is 11.1 Å². The number of non-ortho nitro benzene ring substituents is 2. The largest absolute Gasteiger partial charge is 0.449 e. The second-order valence-corrected chi connectivity index (χ2v) is 10.0. The number of carbonyl (C=O) groups excluding carboxylic acids is 4. The second-order valence-electron chi connectivity index (χ2n) is 9.63. The third-order valence-corrected chi connectivity index (χ3v) is 7.39. The zero-order chi connectivity index (χ0) is 29.6. The molecule has 1 aromatic carbocycles. The number of nitro groups is 2. The molecule has 0 radical (unpaired) electrons. The Bertz CT molecular complexity index is 1380. The molecule has 3 aliphatic rings. The second kappa shape index (κ2) is 10.4. The average Bonchev–Trinajstić information content (AvgIpc) is 3.39. The summed E-state index contributed by atoms with van der Waals surface area (Å²) in [4.78, 5) is 75.0. The number of Topliss-reactive ketones (excluding diaryl/α,β-unsaturated/α-hetero) is 2. The fourth-order valence-corrected chi connectivity index (χ4v) is 5.37. The van der Waals surface area contributed by atoms with Crippen LogP contribution in [0.15, 0.2) is 40.6 Å². The lowest BCUT2D eigenvalue weighted by Crippen LogP contribution is -2.62. The molecule has 3 atom stereocenters. The molecular formula is C25H24ClN3O11. The molecule has 2 aliphatic heterocycles. The van der Waals surface area contributed by atoms with E-state index in [2.05, 4.69) is 0 Å². The number of nitro benzene ring substituents is 2. The standard InChI is InChI=1S/C25H24ClN3O11/c1-4-6-17(30)40-24(2)20(31)16-12-27(3)25(7-5-8-38-25)22(18(16)19(26)21(24)32)39-23(33)13-9-14(28(34)35)11-15(10-13)29(36)37/h9-12,22H,4-8H2,1-3H3/t22-,24-,25+/m0/s1. The smallest absolute Gasteiger partial charge is 0.339 e. The monoisotopic (exact) mass is 577 g/mol. The minimum absolute atomic E-state index is 0.0458. The minimum atomic E-state index is -2.27. The van der Waals surface area contributed by atoms with Crippen molar-refractivity contribution in [1.82, 2.24) is 4.90 Å². The Hall–Kier alpha value is -4.17. The van der Waals surface area contributed by atoms with E-state index < -0.39 is 72.8 Å². The van der Waals surface area contributed by atoms with Crippen LogP contribution >= 0.6 is 11.6 Å². The summed E-state index contributed by atoms with van der Waals surface area (Å²) in [6.45, 7) is 3.07. The number of hydrogen-bond acceptors (Lipinski definition) is 12. The summed E-state index contributed by atoms with van der Waals surface area (Å²) >= 11 is 6.52. The van der Waals surface area contributed by atoms with E-state index in [4.69, 9.17) is 25.8 Å². The molecule has 1 aliphatic carbocycles. The highest BCUT2D eigenvalue weighted by atomic mass is 35.5. The molecule has 1 saturated heterocycles. The van der Waals surface area contributed by atoms with Gasteiger partial charge in [0.2, 0.25) is 17.2 Å². The Morgan fingerprint density at radius 3 is 2.30 bits per heavy atom. The molecule has 212 valence electrons. The van der Waals surface area contributed by atoms with Crippen molar-refractivity contribution in [3.05, 3.63) is 66.4 Å².